The smallest absolute Gasteiger partial charge is 0.265 e. The molecule has 0 spiro atoms. The summed E-state index contributed by atoms with van der Waals surface area (Å²) in [5, 5.41) is 0. The van der Waals surface area contributed by atoms with E-state index in [1.807, 2.05) is 0 Å². The van der Waals surface area contributed by atoms with Crippen LogP contribution in [0.4, 0.5) is 18.9 Å². The van der Waals surface area contributed by atoms with Gasteiger partial charge in [-0.3, -0.25) is 0 Å². The Labute approximate surface area is 67.2 Å². The minimum atomic E-state index is -2.67. The molecule has 0 bridgehead atoms. The molecule has 0 fully saturated rings. The predicted molar refractivity (Wildman–Crippen MR) is 38.3 cm³/mol. The van der Waals surface area contributed by atoms with Crippen molar-refractivity contribution in [1.29, 1.82) is 0 Å². The van der Waals surface area contributed by atoms with Gasteiger partial charge in [-0.2, -0.15) is 4.39 Å². The van der Waals surface area contributed by atoms with Gasteiger partial charge in [0.1, 0.15) is 0 Å². The lowest BCUT2D eigenvalue weighted by Gasteiger charge is -2.04. The standard InChI is InChI=1S/C7H7F3N2/c1-3-4(6(8)9)2-5(11)7(10)12-3/h2,6H,11H2,1H3. The molecule has 1 heterocycles. The summed E-state index contributed by atoms with van der Waals surface area (Å²) in [6, 6.07) is 0.905. The highest BCUT2D eigenvalue weighted by Crippen LogP contribution is 2.24. The summed E-state index contributed by atoms with van der Waals surface area (Å²) in [5.74, 6) is -0.906. The summed E-state index contributed by atoms with van der Waals surface area (Å²) < 4.78 is 36.8. The van der Waals surface area contributed by atoms with Gasteiger partial charge in [-0.1, -0.05) is 0 Å². The molecule has 5 heteroatoms. The van der Waals surface area contributed by atoms with Gasteiger partial charge in [-0.15, -0.1) is 0 Å². The largest absolute Gasteiger partial charge is 0.395 e. The van der Waals surface area contributed by atoms with Crippen molar-refractivity contribution >= 4 is 5.69 Å². The van der Waals surface area contributed by atoms with Crippen LogP contribution in [0.15, 0.2) is 6.07 Å². The van der Waals surface area contributed by atoms with Crippen LogP contribution in [-0.2, 0) is 0 Å². The van der Waals surface area contributed by atoms with Gasteiger partial charge >= 0.3 is 0 Å². The number of hydrogen-bond donors (Lipinski definition) is 1. The molecule has 1 aromatic rings. The molecule has 0 aliphatic heterocycles. The first-order valence-corrected chi connectivity index (χ1v) is 3.23. The monoisotopic (exact) mass is 176 g/mol. The van der Waals surface area contributed by atoms with Crippen molar-refractivity contribution in [3.05, 3.63) is 23.3 Å². The van der Waals surface area contributed by atoms with E-state index in [0.717, 1.165) is 6.07 Å². The van der Waals surface area contributed by atoms with Gasteiger partial charge in [0, 0.05) is 11.3 Å². The SMILES string of the molecule is Cc1nc(F)c(N)cc1C(F)F. The Bertz CT molecular complexity index is 299. The first-order chi connectivity index (χ1) is 5.52. The van der Waals surface area contributed by atoms with E-state index in [0.29, 0.717) is 0 Å². The highest BCUT2D eigenvalue weighted by atomic mass is 19.3. The highest BCUT2D eigenvalue weighted by molar-refractivity contribution is 5.41. The van der Waals surface area contributed by atoms with Crippen molar-refractivity contribution in [3.63, 3.8) is 0 Å². The molecular formula is C7H7F3N2. The molecule has 1 rings (SSSR count). The number of pyridine rings is 1. The third kappa shape index (κ3) is 1.49. The second-order valence-corrected chi connectivity index (χ2v) is 2.34. The summed E-state index contributed by atoms with van der Waals surface area (Å²) >= 11 is 0. The summed E-state index contributed by atoms with van der Waals surface area (Å²) in [5.41, 5.74) is 4.35. The molecule has 12 heavy (non-hydrogen) atoms. The lowest BCUT2D eigenvalue weighted by molar-refractivity contribution is 0.150. The van der Waals surface area contributed by atoms with Crippen LogP contribution in [0.1, 0.15) is 17.7 Å². The number of nitrogens with two attached hydrogens (primary N) is 1. The molecule has 0 radical (unpaired) electrons. The summed E-state index contributed by atoms with van der Waals surface area (Å²) in [6.45, 7) is 1.31. The van der Waals surface area contributed by atoms with E-state index in [1.165, 1.54) is 6.92 Å². The predicted octanol–water partition coefficient (Wildman–Crippen LogP) is 2.05. The second-order valence-electron chi connectivity index (χ2n) is 2.34. The highest BCUT2D eigenvalue weighted by Gasteiger charge is 2.14. The van der Waals surface area contributed by atoms with E-state index in [1.54, 1.807) is 0 Å². The number of anilines is 1. The van der Waals surface area contributed by atoms with Crippen LogP contribution in [0.25, 0.3) is 0 Å². The van der Waals surface area contributed by atoms with Gasteiger partial charge in [0.25, 0.3) is 6.43 Å². The number of aromatic nitrogens is 1. The molecule has 2 nitrogen and oxygen atoms in total. The van der Waals surface area contributed by atoms with E-state index >= 15 is 0 Å². The van der Waals surface area contributed by atoms with Crippen LogP contribution < -0.4 is 5.73 Å². The number of halogens is 3. The van der Waals surface area contributed by atoms with Crippen LogP contribution >= 0.6 is 0 Å². The zero-order chi connectivity index (χ0) is 9.30. The number of alkyl halides is 2. The molecule has 0 saturated heterocycles. The van der Waals surface area contributed by atoms with Gasteiger partial charge in [-0.05, 0) is 13.0 Å². The maximum absolute atomic E-state index is 12.5. The topological polar surface area (TPSA) is 38.9 Å². The Balaban J connectivity index is 3.23. The Morgan fingerprint density at radius 2 is 2.08 bits per heavy atom. The van der Waals surface area contributed by atoms with Gasteiger partial charge < -0.3 is 5.73 Å². The molecule has 66 valence electrons. The Hall–Kier alpha value is -1.26. The summed E-state index contributed by atoms with van der Waals surface area (Å²) in [4.78, 5) is 3.22. The molecule has 0 aromatic carbocycles. The third-order valence-corrected chi connectivity index (χ3v) is 1.47. The molecule has 0 aliphatic carbocycles. The van der Waals surface area contributed by atoms with E-state index < -0.39 is 12.4 Å². The van der Waals surface area contributed by atoms with Crippen LogP contribution in [0.5, 0.6) is 0 Å². The fourth-order valence-corrected chi connectivity index (χ4v) is 0.829. The number of rotatable bonds is 1. The molecule has 1 aromatic heterocycles. The number of aryl methyl sites for hydroxylation is 1. The Morgan fingerprint density at radius 3 is 2.58 bits per heavy atom. The number of nitrogens with zero attached hydrogens (tertiary/aromatic N) is 1. The third-order valence-electron chi connectivity index (χ3n) is 1.47. The molecule has 0 atom stereocenters. The Morgan fingerprint density at radius 1 is 1.50 bits per heavy atom. The minimum absolute atomic E-state index is 0.0308. The van der Waals surface area contributed by atoms with E-state index in [9.17, 15) is 13.2 Å². The molecule has 0 unspecified atom stereocenters. The van der Waals surface area contributed by atoms with Crippen LogP contribution in [0.2, 0.25) is 0 Å². The first-order valence-electron chi connectivity index (χ1n) is 3.23. The summed E-state index contributed by atoms with van der Waals surface area (Å²) in [6.07, 6.45) is -2.67. The number of hydrogen-bond acceptors (Lipinski definition) is 2. The fraction of sp³-hybridized carbons (Fsp3) is 0.286. The van der Waals surface area contributed by atoms with Gasteiger partial charge in [-0.25, -0.2) is 13.8 Å². The molecule has 0 amide bonds. The fourth-order valence-electron chi connectivity index (χ4n) is 0.829. The zero-order valence-corrected chi connectivity index (χ0v) is 6.31. The van der Waals surface area contributed by atoms with E-state index in [2.05, 4.69) is 4.98 Å². The van der Waals surface area contributed by atoms with Gasteiger partial charge in [0.2, 0.25) is 5.95 Å². The maximum Gasteiger partial charge on any atom is 0.265 e. The zero-order valence-electron chi connectivity index (χ0n) is 6.31. The molecule has 0 saturated carbocycles. The van der Waals surface area contributed by atoms with Crippen molar-refractivity contribution in [2.24, 2.45) is 0 Å². The van der Waals surface area contributed by atoms with E-state index in [-0.39, 0.29) is 16.9 Å². The van der Waals surface area contributed by atoms with Crippen LogP contribution in [0.3, 0.4) is 0 Å². The van der Waals surface area contributed by atoms with Crippen molar-refractivity contribution in [3.8, 4) is 0 Å². The molecular weight excluding hydrogens is 169 g/mol. The average molecular weight is 176 g/mol. The van der Waals surface area contributed by atoms with E-state index in [4.69, 9.17) is 5.73 Å². The van der Waals surface area contributed by atoms with Crippen LogP contribution in [-0.4, -0.2) is 4.98 Å². The Kier molecular flexibility index (Phi) is 2.21. The summed E-state index contributed by atoms with van der Waals surface area (Å²) in [7, 11) is 0. The second kappa shape index (κ2) is 3.00. The van der Waals surface area contributed by atoms with Gasteiger partial charge in [0.05, 0.1) is 5.69 Å². The van der Waals surface area contributed by atoms with Crippen LogP contribution in [0, 0.1) is 12.9 Å². The molecule has 2 N–H and O–H groups in total. The normalized spacial score (nSPS) is 10.8. The maximum atomic E-state index is 12.5. The quantitative estimate of drug-likeness (QED) is 0.665. The molecule has 0 aliphatic rings. The lowest BCUT2D eigenvalue weighted by Crippen LogP contribution is -2.01. The van der Waals surface area contributed by atoms with Crippen molar-refractivity contribution in [2.45, 2.75) is 13.3 Å². The van der Waals surface area contributed by atoms with Crippen molar-refractivity contribution < 1.29 is 13.2 Å². The minimum Gasteiger partial charge on any atom is -0.395 e. The lowest BCUT2D eigenvalue weighted by atomic mass is 10.2. The first kappa shape index (κ1) is 8.83. The van der Waals surface area contributed by atoms with Crippen molar-refractivity contribution in [2.75, 3.05) is 5.73 Å². The average Bonchev–Trinajstić information content (AvgIpc) is 1.96. The van der Waals surface area contributed by atoms with Crippen molar-refractivity contribution in [1.82, 2.24) is 4.98 Å². The van der Waals surface area contributed by atoms with Gasteiger partial charge in [0.15, 0.2) is 0 Å². The number of nitrogen functional groups attached to an aromatic ring is 1.